The van der Waals surface area contributed by atoms with Gasteiger partial charge in [0.25, 0.3) is 0 Å². The topological polar surface area (TPSA) is 199 Å². The van der Waals surface area contributed by atoms with E-state index in [-0.39, 0.29) is 21.1 Å². The van der Waals surface area contributed by atoms with E-state index in [1.54, 1.807) is 6.26 Å². The average Bonchev–Trinajstić information content (AvgIpc) is 2.37. The van der Waals surface area contributed by atoms with E-state index in [1.165, 1.54) is 5.56 Å². The van der Waals surface area contributed by atoms with E-state index in [0.29, 0.717) is 0 Å². The Morgan fingerprint density at radius 3 is 1.61 bits per heavy atom. The van der Waals surface area contributed by atoms with Crippen LogP contribution in [0, 0.1) is 0 Å². The van der Waals surface area contributed by atoms with E-state index < -0.39 is 55.8 Å². The number of hydrogen-bond donors (Lipinski definition) is 0. The van der Waals surface area contributed by atoms with E-state index in [4.69, 9.17) is 36.8 Å². The standard InChI is InChI=1S/C9H8O.9O.3Ti.W/c1-2-6-9-8(4-1)5-3-7-10-9;;;;;;;;;;;;;/h1-4,6-7H,5H2;;;;;;;;;;;;;/q;;;;6*-1;;;;. The van der Waals surface area contributed by atoms with Crippen molar-refractivity contribution < 1.29 is 114 Å². The third-order valence-corrected chi connectivity index (χ3v) is 1.60. The third kappa shape index (κ3) is 27.9. The van der Waals surface area contributed by atoms with Crippen molar-refractivity contribution in [2.75, 3.05) is 0 Å². The molecule has 0 spiro atoms. The molecule has 0 saturated heterocycles. The monoisotopic (exact) mass is 604 g/mol. The van der Waals surface area contributed by atoms with Crippen molar-refractivity contribution in [2.45, 2.75) is 6.42 Å². The molecule has 0 unspecified atom stereocenters. The van der Waals surface area contributed by atoms with Gasteiger partial charge in [-0.1, -0.05) is 18.2 Å². The molecule has 0 saturated carbocycles. The smallest absolute Gasteiger partial charge is 0 e. The van der Waals surface area contributed by atoms with E-state index in [9.17, 15) is 0 Å². The molecule has 1 aromatic rings. The maximum absolute atomic E-state index is 8.58. The minimum Gasteiger partial charge on any atom is 0 e. The average molecular weight is 604 g/mol. The molecule has 1 aliphatic rings. The van der Waals surface area contributed by atoms with Crippen molar-refractivity contribution in [3.8, 4) is 5.75 Å². The summed E-state index contributed by atoms with van der Waals surface area (Å²) in [7, 11) is 0. The molecule has 1 heterocycles. The van der Waals surface area contributed by atoms with Gasteiger partial charge in [0.2, 0.25) is 0 Å². The summed E-state index contributed by atoms with van der Waals surface area (Å²) in [6, 6.07) is 8.08. The van der Waals surface area contributed by atoms with Gasteiger partial charge in [-0.05, 0) is 24.1 Å². The van der Waals surface area contributed by atoms with Crippen LogP contribution in [0.5, 0.6) is 5.75 Å². The van der Waals surface area contributed by atoms with Crippen LogP contribution in [0.4, 0.5) is 0 Å². The third-order valence-electron chi connectivity index (χ3n) is 1.60. The van der Waals surface area contributed by atoms with Crippen molar-refractivity contribution in [2.24, 2.45) is 0 Å². The van der Waals surface area contributed by atoms with Crippen molar-refractivity contribution in [1.82, 2.24) is 0 Å². The Bertz CT molecular complexity index is 457. The maximum atomic E-state index is 8.58. The fourth-order valence-electron chi connectivity index (χ4n) is 1.08. The Hall–Kier alpha value is 0.751. The molecule has 1 aliphatic heterocycles. The van der Waals surface area contributed by atoms with Gasteiger partial charge in [0.05, 0.1) is 6.26 Å². The maximum Gasteiger partial charge on any atom is 0 e. The summed E-state index contributed by atoms with van der Waals surface area (Å²) >= 11 is -12.2. The van der Waals surface area contributed by atoms with Gasteiger partial charge < -0.3 is 4.74 Å². The molecule has 1 aromatic carbocycles. The first kappa shape index (κ1) is 28.6. The van der Waals surface area contributed by atoms with Crippen LogP contribution >= 0.6 is 0 Å². The second-order valence-electron chi connectivity index (χ2n) is 3.05. The van der Waals surface area contributed by atoms with Gasteiger partial charge in [0.15, 0.2) is 0 Å². The van der Waals surface area contributed by atoms with Crippen molar-refractivity contribution in [1.29, 1.82) is 0 Å². The molecule has 23 heavy (non-hydrogen) atoms. The molecule has 128 valence electrons. The van der Waals surface area contributed by atoms with Crippen LogP contribution < -0.4 is 26.9 Å². The number of hydrogen-bond acceptors (Lipinski definition) is 10. The van der Waals surface area contributed by atoms with E-state index in [1.807, 2.05) is 24.3 Å². The summed E-state index contributed by atoms with van der Waals surface area (Å²) in [4.78, 5) is 0. The second kappa shape index (κ2) is 19.1. The Balaban J connectivity index is -0.000000264. The van der Waals surface area contributed by atoms with E-state index in [2.05, 4.69) is 6.07 Å². The predicted octanol–water partition coefficient (Wildman–Crippen LogP) is -5.37. The zero-order chi connectivity index (χ0) is 17.5. The normalized spacial score (nSPS) is 9.48. The fraction of sp³-hybridized carbons (Fsp3) is 0.111. The number of ether oxygens (including phenoxy) is 1. The summed E-state index contributed by atoms with van der Waals surface area (Å²) in [6.07, 6.45) is 4.75. The molecule has 10 nitrogen and oxygen atoms in total. The number of fused-ring (bicyclic) bond motifs is 1. The summed E-state index contributed by atoms with van der Waals surface area (Å²) in [5.41, 5.74) is 1.27. The van der Waals surface area contributed by atoms with Gasteiger partial charge in [-0.15, -0.1) is 0 Å². The first-order valence-corrected chi connectivity index (χ1v) is 10.9. The number of benzene rings is 1. The number of para-hydroxylation sites is 1. The molecule has 0 radical (unpaired) electrons. The van der Waals surface area contributed by atoms with Crippen molar-refractivity contribution in [3.63, 3.8) is 0 Å². The first-order valence-electron chi connectivity index (χ1n) is 5.20. The summed E-state index contributed by atoms with van der Waals surface area (Å²) in [5, 5.41) is 0. The van der Waals surface area contributed by atoms with Gasteiger partial charge in [0, 0.05) is 21.1 Å². The minimum atomic E-state index is -4.08. The zero-order valence-electron chi connectivity index (χ0n) is 11.2. The largest absolute Gasteiger partial charge is 0 e. The van der Waals surface area contributed by atoms with Gasteiger partial charge in [-0.2, -0.15) is 0 Å². The molecule has 14 heteroatoms. The molecule has 0 atom stereocenters. The van der Waals surface area contributed by atoms with Gasteiger partial charge in [-0.25, -0.2) is 0 Å². The summed E-state index contributed by atoms with van der Waals surface area (Å²) < 4.78 is 82.5. The Morgan fingerprint density at radius 1 is 0.826 bits per heavy atom. The van der Waals surface area contributed by atoms with E-state index >= 15 is 0 Å². The van der Waals surface area contributed by atoms with E-state index in [0.717, 1.165) is 12.2 Å². The molecular formula is C9H8O10Ti3W-6. The Morgan fingerprint density at radius 2 is 1.22 bits per heavy atom. The second-order valence-corrected chi connectivity index (χ2v) is 5.39. The molecule has 0 bridgehead atoms. The molecule has 0 amide bonds. The van der Waals surface area contributed by atoms with Crippen LogP contribution in [0.15, 0.2) is 36.6 Å². The van der Waals surface area contributed by atoms with Crippen molar-refractivity contribution in [3.05, 3.63) is 42.2 Å². The molecule has 0 aliphatic carbocycles. The number of rotatable bonds is 0. The van der Waals surface area contributed by atoms with Crippen LogP contribution in [0.2, 0.25) is 0 Å². The first-order chi connectivity index (χ1) is 10.2. The quantitative estimate of drug-likeness (QED) is 0.258. The van der Waals surface area contributed by atoms with Gasteiger partial charge in [0.1, 0.15) is 5.75 Å². The van der Waals surface area contributed by atoms with Crippen LogP contribution in [-0.2, 0) is 93.3 Å². The number of allylic oxidation sites excluding steroid dienone is 1. The predicted molar refractivity (Wildman–Crippen MR) is 42.0 cm³/mol. The zero-order valence-corrected chi connectivity index (χ0v) is 18.8. The van der Waals surface area contributed by atoms with Crippen LogP contribution in [0.3, 0.4) is 0 Å². The molecule has 2 rings (SSSR count). The minimum absolute atomic E-state index is 0. The molecule has 0 N–H and O–H groups in total. The Labute approximate surface area is 166 Å². The SMILES string of the molecule is C1=COc2ccccc2C1.[O]=[Ti]([O-])[O-].[O]=[Ti]([O-])[O-].[O]=[Ti]([O-])[O-].[W]. The van der Waals surface area contributed by atoms with Crippen molar-refractivity contribution >= 4 is 0 Å². The van der Waals surface area contributed by atoms with Crippen LogP contribution in [-0.4, -0.2) is 0 Å². The summed E-state index contributed by atoms with van der Waals surface area (Å²) in [6.45, 7) is 0. The molecule has 0 aromatic heterocycles. The fourth-order valence-corrected chi connectivity index (χ4v) is 1.08. The molecular weight excluding hydrogens is 596 g/mol. The van der Waals surface area contributed by atoms with Gasteiger partial charge >= 0.3 is 88.0 Å². The van der Waals surface area contributed by atoms with Crippen LogP contribution in [0.1, 0.15) is 5.56 Å². The van der Waals surface area contributed by atoms with Gasteiger partial charge in [-0.3, -0.25) is 0 Å². The molecule has 0 fully saturated rings. The van der Waals surface area contributed by atoms with Crippen LogP contribution in [0.25, 0.3) is 0 Å². The Kier molecular flexibility index (Phi) is 23.7. The summed E-state index contributed by atoms with van der Waals surface area (Å²) in [5.74, 6) is 0.991.